The number of aromatic nitrogens is 3. The fourth-order valence-electron chi connectivity index (χ4n) is 3.23. The molecule has 2 aromatic rings. The Morgan fingerprint density at radius 1 is 1.22 bits per heavy atom. The molecule has 1 aliphatic rings. The minimum absolute atomic E-state index is 0.0497. The monoisotopic (exact) mass is 382 g/mol. The predicted molar refractivity (Wildman–Crippen MR) is 91.3 cm³/mol. The van der Waals surface area contributed by atoms with Gasteiger partial charge in [0.15, 0.2) is 0 Å². The first-order valence-corrected chi connectivity index (χ1v) is 8.66. The number of halogens is 3. The van der Waals surface area contributed by atoms with Crippen LogP contribution in [-0.2, 0) is 4.79 Å². The van der Waals surface area contributed by atoms with Crippen LogP contribution in [0.1, 0.15) is 37.1 Å². The van der Waals surface area contributed by atoms with E-state index in [1.807, 2.05) is 25.1 Å². The average molecular weight is 382 g/mol. The van der Waals surface area contributed by atoms with Crippen molar-refractivity contribution < 1.29 is 23.1 Å². The third-order valence-electron chi connectivity index (χ3n) is 4.98. The van der Waals surface area contributed by atoms with Gasteiger partial charge in [-0.25, -0.2) is 4.68 Å². The lowest BCUT2D eigenvalue weighted by atomic mass is 9.92. The number of hydrogen-bond acceptors (Lipinski definition) is 4. The number of carbonyl (C=O) groups excluding carboxylic acids is 1. The van der Waals surface area contributed by atoms with Crippen LogP contribution in [0.4, 0.5) is 13.2 Å². The second-order valence-electron chi connectivity index (χ2n) is 6.96. The van der Waals surface area contributed by atoms with Crippen molar-refractivity contribution in [3.8, 4) is 5.69 Å². The van der Waals surface area contributed by atoms with Crippen LogP contribution in [0.5, 0.6) is 0 Å². The first-order chi connectivity index (χ1) is 12.6. The van der Waals surface area contributed by atoms with Crippen LogP contribution in [-0.4, -0.2) is 55.5 Å². The summed E-state index contributed by atoms with van der Waals surface area (Å²) in [4.78, 5) is 17.5. The summed E-state index contributed by atoms with van der Waals surface area (Å²) in [5.41, 5.74) is -0.750. The fourth-order valence-corrected chi connectivity index (χ4v) is 3.23. The van der Waals surface area contributed by atoms with Crippen molar-refractivity contribution in [2.24, 2.45) is 0 Å². The molecule has 0 bridgehead atoms. The molecule has 6 nitrogen and oxygen atoms in total. The van der Waals surface area contributed by atoms with Crippen LogP contribution < -0.4 is 0 Å². The summed E-state index contributed by atoms with van der Waals surface area (Å²) >= 11 is 0. The lowest BCUT2D eigenvalue weighted by Crippen LogP contribution is -2.57. The Hall–Kier alpha value is -2.42. The molecule has 1 fully saturated rings. The summed E-state index contributed by atoms with van der Waals surface area (Å²) in [6.45, 7) is 2.68. The zero-order valence-electron chi connectivity index (χ0n) is 15.1. The molecule has 1 N–H and O–H groups in total. The standard InChI is InChI=1S/C18H21F3N4O2/c1-12-3-4-14(11-22-12)25-15(5-8-23-25)13-6-9-24(10-7-13)16(26)17(2,27)18(19,20)21/h3-5,8,11,13,27H,6-7,9-10H2,1-2H3. The maximum Gasteiger partial charge on any atom is 0.426 e. The summed E-state index contributed by atoms with van der Waals surface area (Å²) in [7, 11) is 0. The lowest BCUT2D eigenvalue weighted by Gasteiger charge is -2.36. The van der Waals surface area contributed by atoms with E-state index in [4.69, 9.17) is 0 Å². The van der Waals surface area contributed by atoms with E-state index in [-0.39, 0.29) is 19.0 Å². The van der Waals surface area contributed by atoms with Crippen molar-refractivity contribution >= 4 is 5.91 Å². The van der Waals surface area contributed by atoms with E-state index in [0.717, 1.165) is 22.0 Å². The topological polar surface area (TPSA) is 71.2 Å². The number of rotatable bonds is 3. The Morgan fingerprint density at radius 3 is 2.44 bits per heavy atom. The molecule has 1 amide bonds. The molecule has 0 radical (unpaired) electrons. The lowest BCUT2D eigenvalue weighted by molar-refractivity contribution is -0.250. The van der Waals surface area contributed by atoms with Gasteiger partial charge in [-0.3, -0.25) is 9.78 Å². The molecular weight excluding hydrogens is 361 g/mol. The zero-order chi connectivity index (χ0) is 19.8. The van der Waals surface area contributed by atoms with Gasteiger partial charge < -0.3 is 10.0 Å². The summed E-state index contributed by atoms with van der Waals surface area (Å²) in [5.74, 6) is -1.25. The van der Waals surface area contributed by atoms with Crippen molar-refractivity contribution in [1.82, 2.24) is 19.7 Å². The Balaban J connectivity index is 1.71. The maximum absolute atomic E-state index is 12.9. The summed E-state index contributed by atoms with van der Waals surface area (Å²) < 4.78 is 40.4. The highest BCUT2D eigenvalue weighted by atomic mass is 19.4. The van der Waals surface area contributed by atoms with E-state index >= 15 is 0 Å². The number of nitrogens with zero attached hydrogens (tertiary/aromatic N) is 4. The van der Waals surface area contributed by atoms with E-state index in [2.05, 4.69) is 10.1 Å². The molecule has 9 heteroatoms. The van der Waals surface area contributed by atoms with Crippen LogP contribution in [0.3, 0.4) is 0 Å². The van der Waals surface area contributed by atoms with E-state index in [0.29, 0.717) is 19.8 Å². The highest BCUT2D eigenvalue weighted by Crippen LogP contribution is 2.34. The van der Waals surface area contributed by atoms with Crippen LogP contribution in [0, 0.1) is 6.92 Å². The molecule has 0 aliphatic carbocycles. The molecule has 1 unspecified atom stereocenters. The smallest absolute Gasteiger partial charge is 0.373 e. The number of pyridine rings is 1. The Morgan fingerprint density at radius 2 is 1.89 bits per heavy atom. The molecule has 0 aromatic carbocycles. The molecule has 0 spiro atoms. The van der Waals surface area contributed by atoms with Gasteiger partial charge in [-0.1, -0.05) is 0 Å². The fraction of sp³-hybridized carbons (Fsp3) is 0.500. The van der Waals surface area contributed by atoms with Crippen LogP contribution in [0.2, 0.25) is 0 Å². The molecule has 0 saturated carbocycles. The number of likely N-dealkylation sites (tertiary alicyclic amines) is 1. The predicted octanol–water partition coefficient (Wildman–Crippen LogP) is 2.60. The van der Waals surface area contributed by atoms with Gasteiger partial charge >= 0.3 is 6.18 Å². The van der Waals surface area contributed by atoms with Gasteiger partial charge in [0.1, 0.15) is 0 Å². The molecule has 1 aliphatic heterocycles. The third kappa shape index (κ3) is 3.69. The van der Waals surface area contributed by atoms with Gasteiger partial charge in [-0.15, -0.1) is 0 Å². The van der Waals surface area contributed by atoms with Crippen molar-refractivity contribution in [3.05, 3.63) is 42.0 Å². The largest absolute Gasteiger partial charge is 0.426 e. The molecule has 146 valence electrons. The highest BCUT2D eigenvalue weighted by Gasteiger charge is 2.57. The minimum atomic E-state index is -5.00. The van der Waals surface area contributed by atoms with E-state index < -0.39 is 17.7 Å². The van der Waals surface area contributed by atoms with Crippen LogP contribution in [0.15, 0.2) is 30.6 Å². The number of alkyl halides is 3. The van der Waals surface area contributed by atoms with Gasteiger partial charge in [-0.2, -0.15) is 18.3 Å². The molecule has 1 saturated heterocycles. The molecule has 27 heavy (non-hydrogen) atoms. The molecule has 3 rings (SSSR count). The number of aryl methyl sites for hydroxylation is 1. The van der Waals surface area contributed by atoms with Crippen molar-refractivity contribution in [1.29, 1.82) is 0 Å². The second-order valence-corrected chi connectivity index (χ2v) is 6.96. The number of carbonyl (C=O) groups is 1. The zero-order valence-corrected chi connectivity index (χ0v) is 15.1. The minimum Gasteiger partial charge on any atom is -0.373 e. The molecule has 3 heterocycles. The van der Waals surface area contributed by atoms with Gasteiger partial charge in [0.05, 0.1) is 11.9 Å². The van der Waals surface area contributed by atoms with E-state index in [9.17, 15) is 23.1 Å². The summed E-state index contributed by atoms with van der Waals surface area (Å²) in [6.07, 6.45) is -0.639. The van der Waals surface area contributed by atoms with E-state index in [1.165, 1.54) is 0 Å². The number of piperidine rings is 1. The van der Waals surface area contributed by atoms with Crippen LogP contribution in [0.25, 0.3) is 5.69 Å². The summed E-state index contributed by atoms with van der Waals surface area (Å²) in [5, 5.41) is 13.9. The number of hydrogen-bond donors (Lipinski definition) is 1. The first-order valence-electron chi connectivity index (χ1n) is 8.66. The van der Waals surface area contributed by atoms with Gasteiger partial charge in [0.2, 0.25) is 5.60 Å². The third-order valence-corrected chi connectivity index (χ3v) is 4.98. The summed E-state index contributed by atoms with van der Waals surface area (Å²) in [6, 6.07) is 5.65. The normalized spacial score (nSPS) is 18.4. The van der Waals surface area contributed by atoms with Gasteiger partial charge in [-0.05, 0) is 44.9 Å². The van der Waals surface area contributed by atoms with Crippen molar-refractivity contribution in [3.63, 3.8) is 0 Å². The Labute approximate surface area is 154 Å². The SMILES string of the molecule is Cc1ccc(-n2nccc2C2CCN(C(=O)C(C)(O)C(F)(F)F)CC2)cn1. The first kappa shape index (κ1) is 19.3. The Bertz CT molecular complexity index is 807. The van der Waals surface area contributed by atoms with Gasteiger partial charge in [0.25, 0.3) is 5.91 Å². The number of amides is 1. The maximum atomic E-state index is 12.9. The average Bonchev–Trinajstić information content (AvgIpc) is 3.10. The number of aliphatic hydroxyl groups is 1. The molecular formula is C18H21F3N4O2. The quantitative estimate of drug-likeness (QED) is 0.886. The van der Waals surface area contributed by atoms with Crippen LogP contribution >= 0.6 is 0 Å². The molecule has 2 aromatic heterocycles. The van der Waals surface area contributed by atoms with Crippen molar-refractivity contribution in [2.45, 2.75) is 44.4 Å². The second kappa shape index (κ2) is 6.95. The highest BCUT2D eigenvalue weighted by molar-refractivity contribution is 5.85. The van der Waals surface area contributed by atoms with E-state index in [1.54, 1.807) is 17.1 Å². The molecule has 1 atom stereocenters. The van der Waals surface area contributed by atoms with Crippen molar-refractivity contribution in [2.75, 3.05) is 13.1 Å². The Kier molecular flexibility index (Phi) is 4.98. The van der Waals surface area contributed by atoms with Gasteiger partial charge in [0, 0.05) is 36.6 Å².